The Morgan fingerprint density at radius 3 is 2.38 bits per heavy atom. The van der Waals surface area contributed by atoms with E-state index in [1.807, 2.05) is 48.6 Å². The van der Waals surface area contributed by atoms with Gasteiger partial charge in [-0.1, -0.05) is 48.0 Å². The van der Waals surface area contributed by atoms with Gasteiger partial charge in [-0.15, -0.1) is 0 Å². The lowest BCUT2D eigenvalue weighted by atomic mass is 10.0. The molecule has 0 aliphatic rings. The summed E-state index contributed by atoms with van der Waals surface area (Å²) in [5.41, 5.74) is 2.65. The van der Waals surface area contributed by atoms with Crippen molar-refractivity contribution in [2.45, 2.75) is 0 Å². The third kappa shape index (κ3) is 4.52. The van der Waals surface area contributed by atoms with Crippen LogP contribution in [0.15, 0.2) is 83.5 Å². The van der Waals surface area contributed by atoms with Gasteiger partial charge in [0.2, 0.25) is 5.78 Å². The molecule has 0 bridgehead atoms. The highest BCUT2D eigenvalue weighted by Gasteiger charge is 2.08. The summed E-state index contributed by atoms with van der Waals surface area (Å²) in [7, 11) is 1.63. The molecule has 1 heterocycles. The van der Waals surface area contributed by atoms with Crippen LogP contribution < -0.4 is 4.74 Å². The summed E-state index contributed by atoms with van der Waals surface area (Å²) in [6.07, 6.45) is 6.87. The van der Waals surface area contributed by atoms with Crippen LogP contribution in [0.5, 0.6) is 5.75 Å². The average Bonchev–Trinajstić information content (AvgIpc) is 3.21. The molecule has 4 heteroatoms. The molecule has 3 aromatic rings. The van der Waals surface area contributed by atoms with E-state index in [0.29, 0.717) is 10.8 Å². The number of carbonyl (C=O) groups is 1. The lowest BCUT2D eigenvalue weighted by Gasteiger charge is -2.04. The molecule has 3 rings (SSSR count). The van der Waals surface area contributed by atoms with E-state index in [-0.39, 0.29) is 5.78 Å². The number of benzene rings is 2. The van der Waals surface area contributed by atoms with Crippen molar-refractivity contribution in [1.29, 1.82) is 0 Å². The molecule has 0 unspecified atom stereocenters. The highest BCUT2D eigenvalue weighted by atomic mass is 35.5. The van der Waals surface area contributed by atoms with Crippen molar-refractivity contribution in [2.75, 3.05) is 7.11 Å². The number of carbonyl (C=O) groups excluding carboxylic acids is 1. The Bertz CT molecular complexity index is 919. The number of ketones is 1. The van der Waals surface area contributed by atoms with Crippen LogP contribution in [0.3, 0.4) is 0 Å². The maximum absolute atomic E-state index is 12.4. The minimum absolute atomic E-state index is 0.195. The van der Waals surface area contributed by atoms with E-state index in [1.165, 1.54) is 6.26 Å². The van der Waals surface area contributed by atoms with E-state index in [1.54, 1.807) is 37.5 Å². The quantitative estimate of drug-likeness (QED) is 0.309. The minimum Gasteiger partial charge on any atom is -0.497 e. The topological polar surface area (TPSA) is 39.4 Å². The Labute approximate surface area is 157 Å². The fraction of sp³-hybridized carbons (Fsp3) is 0.0455. The molecule has 26 heavy (non-hydrogen) atoms. The summed E-state index contributed by atoms with van der Waals surface area (Å²) in [5.74, 6) is 0.900. The van der Waals surface area contributed by atoms with Gasteiger partial charge in [-0.2, -0.15) is 0 Å². The molecule has 0 spiro atoms. The molecule has 0 N–H and O–H groups in total. The summed E-state index contributed by atoms with van der Waals surface area (Å²) in [4.78, 5) is 12.4. The van der Waals surface area contributed by atoms with Gasteiger partial charge >= 0.3 is 0 Å². The van der Waals surface area contributed by atoms with E-state index >= 15 is 0 Å². The molecule has 0 aliphatic heterocycles. The van der Waals surface area contributed by atoms with Gasteiger partial charge in [-0.05, 0) is 59.2 Å². The Hall–Kier alpha value is -3.04. The maximum atomic E-state index is 12.4. The number of furan rings is 1. The van der Waals surface area contributed by atoms with E-state index < -0.39 is 0 Å². The zero-order chi connectivity index (χ0) is 18.4. The van der Waals surface area contributed by atoms with Crippen LogP contribution in [0.1, 0.15) is 21.7 Å². The SMILES string of the molecule is COc1ccc(/C=C/C(=C\C(=O)c2ccco2)c2ccc(Cl)cc2)cc1. The van der Waals surface area contributed by atoms with Gasteiger partial charge in [0.25, 0.3) is 0 Å². The molecule has 0 saturated carbocycles. The van der Waals surface area contributed by atoms with Gasteiger partial charge in [-0.3, -0.25) is 4.79 Å². The number of rotatable bonds is 6. The molecule has 0 fully saturated rings. The van der Waals surface area contributed by atoms with Crippen LogP contribution in [-0.2, 0) is 0 Å². The number of hydrogen-bond donors (Lipinski definition) is 0. The number of methoxy groups -OCH3 is 1. The summed E-state index contributed by atoms with van der Waals surface area (Å²) >= 11 is 5.97. The molecule has 0 aliphatic carbocycles. The second-order valence-electron chi connectivity index (χ2n) is 5.55. The molecular weight excluding hydrogens is 348 g/mol. The zero-order valence-corrected chi connectivity index (χ0v) is 14.9. The lowest BCUT2D eigenvalue weighted by Crippen LogP contribution is -1.94. The van der Waals surface area contributed by atoms with Gasteiger partial charge in [0.15, 0.2) is 5.76 Å². The lowest BCUT2D eigenvalue weighted by molar-refractivity contribution is 0.102. The van der Waals surface area contributed by atoms with Crippen molar-refractivity contribution in [3.63, 3.8) is 0 Å². The van der Waals surface area contributed by atoms with E-state index in [4.69, 9.17) is 20.8 Å². The van der Waals surface area contributed by atoms with Crippen molar-refractivity contribution in [3.8, 4) is 5.75 Å². The normalized spacial score (nSPS) is 11.7. The van der Waals surface area contributed by atoms with E-state index in [9.17, 15) is 4.79 Å². The highest BCUT2D eigenvalue weighted by Crippen LogP contribution is 2.22. The first-order chi connectivity index (χ1) is 12.7. The van der Waals surface area contributed by atoms with Crippen LogP contribution in [-0.4, -0.2) is 12.9 Å². The molecular formula is C22H17ClO3. The van der Waals surface area contributed by atoms with Crippen molar-refractivity contribution in [2.24, 2.45) is 0 Å². The third-order valence-electron chi connectivity index (χ3n) is 3.80. The fourth-order valence-electron chi connectivity index (χ4n) is 2.40. The van der Waals surface area contributed by atoms with Crippen LogP contribution in [0, 0.1) is 0 Å². The van der Waals surface area contributed by atoms with Gasteiger partial charge in [0.1, 0.15) is 5.75 Å². The van der Waals surface area contributed by atoms with E-state index in [0.717, 1.165) is 22.4 Å². The largest absolute Gasteiger partial charge is 0.497 e. The average molecular weight is 365 g/mol. The molecule has 1 aromatic heterocycles. The van der Waals surface area contributed by atoms with Crippen LogP contribution in [0.25, 0.3) is 11.6 Å². The smallest absolute Gasteiger partial charge is 0.221 e. The maximum Gasteiger partial charge on any atom is 0.221 e. The number of halogens is 1. The first kappa shape index (κ1) is 17.8. The van der Waals surface area contributed by atoms with Crippen molar-refractivity contribution in [1.82, 2.24) is 0 Å². The Kier molecular flexibility index (Phi) is 5.72. The minimum atomic E-state index is -0.195. The monoisotopic (exact) mass is 364 g/mol. The first-order valence-electron chi connectivity index (χ1n) is 8.03. The Morgan fingerprint density at radius 1 is 1.04 bits per heavy atom. The van der Waals surface area contributed by atoms with Crippen molar-refractivity contribution >= 4 is 29.0 Å². The van der Waals surface area contributed by atoms with Crippen molar-refractivity contribution < 1.29 is 13.9 Å². The molecule has 0 amide bonds. The molecule has 0 radical (unpaired) electrons. The zero-order valence-electron chi connectivity index (χ0n) is 14.2. The number of allylic oxidation sites excluding steroid dienone is 3. The number of ether oxygens (including phenoxy) is 1. The third-order valence-corrected chi connectivity index (χ3v) is 4.05. The molecule has 3 nitrogen and oxygen atoms in total. The van der Waals surface area contributed by atoms with Gasteiger partial charge in [0, 0.05) is 5.02 Å². The predicted octanol–water partition coefficient (Wildman–Crippen LogP) is 5.92. The van der Waals surface area contributed by atoms with Crippen LogP contribution >= 0.6 is 11.6 Å². The Balaban J connectivity index is 1.92. The molecule has 0 atom stereocenters. The molecule has 0 saturated heterocycles. The van der Waals surface area contributed by atoms with Crippen LogP contribution in [0.2, 0.25) is 5.02 Å². The van der Waals surface area contributed by atoms with E-state index in [2.05, 4.69) is 0 Å². The Morgan fingerprint density at radius 2 is 1.77 bits per heavy atom. The molecule has 2 aromatic carbocycles. The highest BCUT2D eigenvalue weighted by molar-refractivity contribution is 6.30. The van der Waals surface area contributed by atoms with Gasteiger partial charge in [-0.25, -0.2) is 0 Å². The molecule has 130 valence electrons. The standard InChI is InChI=1S/C22H17ClO3/c1-25-20-12-5-16(6-13-20)4-7-18(17-8-10-19(23)11-9-17)15-21(24)22-3-2-14-26-22/h2-15H,1H3/b7-4+,18-15+. The summed E-state index contributed by atoms with van der Waals surface area (Å²) in [6.45, 7) is 0. The van der Waals surface area contributed by atoms with Gasteiger partial charge in [0.05, 0.1) is 13.4 Å². The number of hydrogen-bond acceptors (Lipinski definition) is 3. The van der Waals surface area contributed by atoms with Crippen molar-refractivity contribution in [3.05, 3.63) is 101 Å². The van der Waals surface area contributed by atoms with Gasteiger partial charge < -0.3 is 9.15 Å². The second-order valence-corrected chi connectivity index (χ2v) is 5.99. The fourth-order valence-corrected chi connectivity index (χ4v) is 2.53. The van der Waals surface area contributed by atoms with Crippen LogP contribution in [0.4, 0.5) is 0 Å². The summed E-state index contributed by atoms with van der Waals surface area (Å²) in [5, 5.41) is 0.643. The summed E-state index contributed by atoms with van der Waals surface area (Å²) in [6, 6.07) is 18.4. The summed E-state index contributed by atoms with van der Waals surface area (Å²) < 4.78 is 10.4. The first-order valence-corrected chi connectivity index (χ1v) is 8.41. The second kappa shape index (κ2) is 8.37. The predicted molar refractivity (Wildman–Crippen MR) is 104 cm³/mol.